The van der Waals surface area contributed by atoms with Gasteiger partial charge in [-0.1, -0.05) is 64.5 Å². The molecule has 0 atom stereocenters. The van der Waals surface area contributed by atoms with Crippen molar-refractivity contribution in [2.75, 3.05) is 13.1 Å². The fourth-order valence-electron chi connectivity index (χ4n) is 2.46. The van der Waals surface area contributed by atoms with E-state index in [1.807, 2.05) is 0 Å². The van der Waals surface area contributed by atoms with Crippen LogP contribution < -0.4 is 0 Å². The molecule has 0 spiro atoms. The van der Waals surface area contributed by atoms with E-state index in [1.54, 1.807) is 0 Å². The lowest BCUT2D eigenvalue weighted by molar-refractivity contribution is 0.315. The average molecular weight is 327 g/mol. The molecule has 1 heterocycles. The van der Waals surface area contributed by atoms with E-state index in [1.165, 1.54) is 16.7 Å². The Morgan fingerprint density at radius 2 is 1.65 bits per heavy atom. The van der Waals surface area contributed by atoms with Gasteiger partial charge < -0.3 is 0 Å². The van der Waals surface area contributed by atoms with Crippen molar-refractivity contribution in [3.63, 3.8) is 0 Å². The molecule has 0 saturated heterocycles. The third kappa shape index (κ3) is 3.38. The van der Waals surface area contributed by atoms with Gasteiger partial charge in [0, 0.05) is 30.5 Å². The van der Waals surface area contributed by atoms with Crippen LogP contribution in [-0.2, 0) is 6.54 Å². The van der Waals surface area contributed by atoms with Crippen LogP contribution in [0.15, 0.2) is 65.1 Å². The van der Waals surface area contributed by atoms with Crippen molar-refractivity contribution >= 4 is 21.5 Å². The van der Waals surface area contributed by atoms with E-state index in [0.29, 0.717) is 0 Å². The first kappa shape index (κ1) is 13.6. The van der Waals surface area contributed by atoms with Crippen LogP contribution in [0.4, 0.5) is 0 Å². The third-order valence-electron chi connectivity index (χ3n) is 3.57. The van der Waals surface area contributed by atoms with Crippen molar-refractivity contribution < 1.29 is 0 Å². The molecule has 2 aromatic carbocycles. The second kappa shape index (κ2) is 6.38. The Kier molecular flexibility index (Phi) is 4.34. The molecule has 0 bridgehead atoms. The van der Waals surface area contributed by atoms with Crippen molar-refractivity contribution in [3.05, 3.63) is 82.7 Å². The molecule has 0 aliphatic carbocycles. The lowest BCUT2D eigenvalue weighted by Gasteiger charge is -2.26. The van der Waals surface area contributed by atoms with Crippen molar-refractivity contribution in [1.29, 1.82) is 0 Å². The first-order valence-corrected chi connectivity index (χ1v) is 7.66. The van der Waals surface area contributed by atoms with Gasteiger partial charge in [-0.05, 0) is 28.8 Å². The highest BCUT2D eigenvalue weighted by molar-refractivity contribution is 9.10. The molecule has 3 rings (SSSR count). The summed E-state index contributed by atoms with van der Waals surface area (Å²) in [6, 6.07) is 19.2. The number of rotatable bonds is 3. The number of halogens is 1. The molecule has 0 saturated carbocycles. The van der Waals surface area contributed by atoms with E-state index in [4.69, 9.17) is 0 Å². The van der Waals surface area contributed by atoms with Gasteiger partial charge in [0.25, 0.3) is 0 Å². The zero-order valence-corrected chi connectivity index (χ0v) is 12.9. The van der Waals surface area contributed by atoms with Gasteiger partial charge in [-0.25, -0.2) is 0 Å². The lowest BCUT2D eigenvalue weighted by atomic mass is 9.99. The van der Waals surface area contributed by atoms with Gasteiger partial charge >= 0.3 is 0 Å². The molecule has 0 amide bonds. The summed E-state index contributed by atoms with van der Waals surface area (Å²) in [5.41, 5.74) is 4.02. The van der Waals surface area contributed by atoms with Crippen LogP contribution in [0.2, 0.25) is 0 Å². The van der Waals surface area contributed by atoms with E-state index in [-0.39, 0.29) is 0 Å². The zero-order valence-electron chi connectivity index (χ0n) is 11.3. The zero-order chi connectivity index (χ0) is 13.8. The van der Waals surface area contributed by atoms with E-state index < -0.39 is 0 Å². The van der Waals surface area contributed by atoms with Crippen LogP contribution in [0.3, 0.4) is 0 Å². The topological polar surface area (TPSA) is 3.24 Å². The Morgan fingerprint density at radius 3 is 2.30 bits per heavy atom. The molecular weight excluding hydrogens is 310 g/mol. The molecule has 0 aromatic heterocycles. The van der Waals surface area contributed by atoms with Gasteiger partial charge in [-0.15, -0.1) is 0 Å². The van der Waals surface area contributed by atoms with Crippen molar-refractivity contribution in [2.45, 2.75) is 6.54 Å². The van der Waals surface area contributed by atoms with Crippen LogP contribution >= 0.6 is 15.9 Å². The van der Waals surface area contributed by atoms with Crippen LogP contribution in [-0.4, -0.2) is 18.0 Å². The van der Waals surface area contributed by atoms with Gasteiger partial charge in [-0.2, -0.15) is 0 Å². The predicted octanol–water partition coefficient (Wildman–Crippen LogP) is 4.55. The Bertz CT molecular complexity index is 587. The first-order valence-electron chi connectivity index (χ1n) is 6.87. The number of benzene rings is 2. The molecule has 0 fully saturated rings. The smallest absolute Gasteiger partial charge is 0.0237 e. The summed E-state index contributed by atoms with van der Waals surface area (Å²) in [5, 5.41) is 0. The molecule has 20 heavy (non-hydrogen) atoms. The first-order chi connectivity index (χ1) is 9.81. The number of nitrogens with zero attached hydrogens (tertiary/aromatic N) is 1. The second-order valence-electron chi connectivity index (χ2n) is 5.05. The van der Waals surface area contributed by atoms with E-state index in [9.17, 15) is 0 Å². The molecule has 1 nitrogen and oxygen atoms in total. The molecule has 2 heteroatoms. The summed E-state index contributed by atoms with van der Waals surface area (Å²) in [7, 11) is 0. The third-order valence-corrected chi connectivity index (χ3v) is 4.09. The Morgan fingerprint density at radius 1 is 0.900 bits per heavy atom. The monoisotopic (exact) mass is 326 g/mol. The minimum atomic E-state index is 1.01. The quantitative estimate of drug-likeness (QED) is 0.799. The van der Waals surface area contributed by atoms with Crippen LogP contribution in [0.1, 0.15) is 11.1 Å². The average Bonchev–Trinajstić information content (AvgIpc) is 2.50. The highest BCUT2D eigenvalue weighted by atomic mass is 79.9. The van der Waals surface area contributed by atoms with Crippen LogP contribution in [0.25, 0.3) is 5.57 Å². The molecule has 1 radical (unpaired) electrons. The summed E-state index contributed by atoms with van der Waals surface area (Å²) in [4.78, 5) is 2.44. The van der Waals surface area contributed by atoms with Crippen molar-refractivity contribution in [3.8, 4) is 0 Å². The lowest BCUT2D eigenvalue weighted by Crippen LogP contribution is -2.28. The Hall–Kier alpha value is -1.38. The maximum absolute atomic E-state index is 3.48. The maximum Gasteiger partial charge on any atom is 0.0237 e. The Labute approximate surface area is 129 Å². The van der Waals surface area contributed by atoms with E-state index >= 15 is 0 Å². The number of hydrogen-bond donors (Lipinski definition) is 0. The summed E-state index contributed by atoms with van der Waals surface area (Å²) >= 11 is 3.48. The van der Waals surface area contributed by atoms with E-state index in [2.05, 4.69) is 87.9 Å². The fourth-order valence-corrected chi connectivity index (χ4v) is 2.73. The SMILES string of the molecule is Brc1ccc(C2=CCN(Cc3ccccc3)C[CH]2)cc1. The molecule has 0 N–H and O–H groups in total. The highest BCUT2D eigenvalue weighted by Gasteiger charge is 2.13. The summed E-state index contributed by atoms with van der Waals surface area (Å²) in [6.07, 6.45) is 4.63. The largest absolute Gasteiger partial charge is 0.295 e. The van der Waals surface area contributed by atoms with Gasteiger partial charge in [0.15, 0.2) is 0 Å². The van der Waals surface area contributed by atoms with Gasteiger partial charge in [-0.3, -0.25) is 4.90 Å². The Balaban J connectivity index is 1.64. The maximum atomic E-state index is 3.48. The molecule has 0 unspecified atom stereocenters. The van der Waals surface area contributed by atoms with E-state index in [0.717, 1.165) is 24.1 Å². The van der Waals surface area contributed by atoms with Crippen LogP contribution in [0.5, 0.6) is 0 Å². The standard InChI is InChI=1S/C18H17BrN/c19-18-8-6-16(7-9-18)17-10-12-20(13-11-17)14-15-4-2-1-3-5-15/h1-11H,12-14H2. The highest BCUT2D eigenvalue weighted by Crippen LogP contribution is 2.23. The fraction of sp³-hybridized carbons (Fsp3) is 0.167. The summed E-state index contributed by atoms with van der Waals surface area (Å²) in [5.74, 6) is 0. The minimum absolute atomic E-state index is 1.01. The van der Waals surface area contributed by atoms with Crippen LogP contribution in [0, 0.1) is 6.42 Å². The molecule has 1 aliphatic heterocycles. The predicted molar refractivity (Wildman–Crippen MR) is 88.1 cm³/mol. The molecule has 2 aromatic rings. The molecule has 101 valence electrons. The molecular formula is C18H17BrN. The molecule has 1 aliphatic rings. The van der Waals surface area contributed by atoms with Crippen molar-refractivity contribution in [2.24, 2.45) is 0 Å². The number of hydrogen-bond acceptors (Lipinski definition) is 1. The van der Waals surface area contributed by atoms with Gasteiger partial charge in [0.2, 0.25) is 0 Å². The van der Waals surface area contributed by atoms with Gasteiger partial charge in [0.1, 0.15) is 0 Å². The summed E-state index contributed by atoms with van der Waals surface area (Å²) < 4.78 is 1.13. The normalized spacial score (nSPS) is 15.9. The van der Waals surface area contributed by atoms with Crippen molar-refractivity contribution in [1.82, 2.24) is 4.90 Å². The second-order valence-corrected chi connectivity index (χ2v) is 5.97. The summed E-state index contributed by atoms with van der Waals surface area (Å²) in [6.45, 7) is 3.04. The van der Waals surface area contributed by atoms with Gasteiger partial charge in [0.05, 0.1) is 0 Å². The minimum Gasteiger partial charge on any atom is -0.295 e.